The first-order chi connectivity index (χ1) is 6.47. The zero-order valence-corrected chi connectivity index (χ0v) is 14.4. The summed E-state index contributed by atoms with van der Waals surface area (Å²) < 4.78 is 14.2. The van der Waals surface area contributed by atoms with E-state index in [1.807, 2.05) is 13.3 Å². The van der Waals surface area contributed by atoms with Crippen molar-refractivity contribution >= 4 is 30.3 Å². The van der Waals surface area contributed by atoms with Crippen LogP contribution in [0.1, 0.15) is 0 Å². The molecule has 0 aromatic rings. The van der Waals surface area contributed by atoms with Crippen molar-refractivity contribution in [1.29, 1.82) is 0 Å². The van der Waals surface area contributed by atoms with Crippen molar-refractivity contribution in [2.45, 2.75) is 0 Å². The van der Waals surface area contributed by atoms with E-state index in [1.165, 1.54) is 0 Å². The maximum Gasteiger partial charge on any atom is 0.0743 e. The Balaban J connectivity index is 5.41. The average molecular weight is 288 g/mol. The number of hydrogen-bond acceptors (Lipinski definition) is 1. The molecule has 1 unspecified atom stereocenters. The minimum absolute atomic E-state index is 0.618. The van der Waals surface area contributed by atoms with Crippen LogP contribution in [0, 0.1) is 0 Å². The molecular formula is C7H24N4P4. The Kier molecular flexibility index (Phi) is 6.02. The third kappa shape index (κ3) is 8.84. The summed E-state index contributed by atoms with van der Waals surface area (Å²) in [5.74, 6) is 0. The van der Waals surface area contributed by atoms with Crippen LogP contribution in [0.2, 0.25) is 0 Å². The van der Waals surface area contributed by atoms with Crippen LogP contribution in [0.15, 0.2) is 13.5 Å². The summed E-state index contributed by atoms with van der Waals surface area (Å²) in [5.41, 5.74) is 6.01. The van der Waals surface area contributed by atoms with Crippen molar-refractivity contribution in [1.82, 2.24) is 0 Å². The molecule has 0 aliphatic rings. The van der Waals surface area contributed by atoms with Gasteiger partial charge in [0.15, 0.2) is 0 Å². The van der Waals surface area contributed by atoms with Crippen molar-refractivity contribution in [3.8, 4) is 0 Å². The van der Waals surface area contributed by atoms with E-state index in [-0.39, 0.29) is 0 Å². The van der Waals surface area contributed by atoms with Crippen molar-refractivity contribution < 1.29 is 0 Å². The lowest BCUT2D eigenvalue weighted by atomic mass is 11.9. The van der Waals surface area contributed by atoms with Crippen molar-refractivity contribution in [2.75, 3.05) is 46.7 Å². The molecule has 8 heteroatoms. The zero-order chi connectivity index (χ0) is 12.3. The second kappa shape index (κ2) is 5.61. The van der Waals surface area contributed by atoms with Gasteiger partial charge in [-0.2, -0.15) is 0 Å². The van der Waals surface area contributed by atoms with Crippen LogP contribution in [-0.4, -0.2) is 46.7 Å². The van der Waals surface area contributed by atoms with Crippen LogP contribution in [0.25, 0.3) is 0 Å². The summed E-state index contributed by atoms with van der Waals surface area (Å²) in [4.78, 5) is 0. The Hall–Kier alpha value is 1.08. The Morgan fingerprint density at radius 1 is 0.867 bits per heavy atom. The van der Waals surface area contributed by atoms with E-state index < -0.39 is 21.6 Å². The summed E-state index contributed by atoms with van der Waals surface area (Å²) in [6.45, 7) is 14.7. The summed E-state index contributed by atoms with van der Waals surface area (Å²) >= 11 is 0. The Morgan fingerprint density at radius 3 is 1.67 bits per heavy atom. The highest BCUT2D eigenvalue weighted by Crippen LogP contribution is 2.61. The van der Waals surface area contributed by atoms with E-state index in [1.54, 1.807) is 0 Å². The van der Waals surface area contributed by atoms with Gasteiger partial charge in [-0.1, -0.05) is 0 Å². The van der Waals surface area contributed by atoms with Crippen LogP contribution in [0.3, 0.4) is 0 Å². The molecule has 0 aliphatic heterocycles. The number of hydrogen-bond donors (Lipinski definition) is 1. The maximum atomic E-state index is 6.01. The van der Waals surface area contributed by atoms with Gasteiger partial charge in [-0.05, 0) is 55.4 Å². The normalized spacial score (nSPS) is 14.4. The molecule has 0 fully saturated rings. The molecular weight excluding hydrogens is 264 g/mol. The first kappa shape index (κ1) is 16.1. The zero-order valence-electron chi connectivity index (χ0n) is 10.8. The van der Waals surface area contributed by atoms with Gasteiger partial charge in [0.1, 0.15) is 0 Å². The molecule has 0 radical (unpaired) electrons. The molecule has 0 aromatic carbocycles. The highest BCUT2D eigenvalue weighted by Gasteiger charge is 2.11. The molecule has 0 aromatic heterocycles. The van der Waals surface area contributed by atoms with Gasteiger partial charge in [0, 0.05) is 7.21 Å². The molecule has 0 rings (SSSR count). The van der Waals surface area contributed by atoms with Crippen LogP contribution < -0.4 is 5.50 Å². The third-order valence-electron chi connectivity index (χ3n) is 1.23. The van der Waals surface area contributed by atoms with Crippen molar-refractivity contribution in [3.05, 3.63) is 0 Å². The van der Waals surface area contributed by atoms with Gasteiger partial charge in [0.25, 0.3) is 0 Å². The van der Waals surface area contributed by atoms with E-state index in [0.29, 0.717) is 8.73 Å². The fourth-order valence-electron chi connectivity index (χ4n) is 1.38. The lowest BCUT2D eigenvalue weighted by Gasteiger charge is -2.18. The lowest BCUT2D eigenvalue weighted by Crippen LogP contribution is -1.89. The summed E-state index contributed by atoms with van der Waals surface area (Å²) in [7, 11) is -4.02. The third-order valence-corrected chi connectivity index (χ3v) is 11.1. The lowest BCUT2D eigenvalue weighted by molar-refractivity contribution is 1.67. The highest BCUT2D eigenvalue weighted by molar-refractivity contribution is 7.80. The van der Waals surface area contributed by atoms with E-state index in [9.17, 15) is 0 Å². The van der Waals surface area contributed by atoms with Gasteiger partial charge in [-0.15, -0.1) is 0 Å². The molecule has 0 saturated heterocycles. The van der Waals surface area contributed by atoms with Gasteiger partial charge in [-0.3, -0.25) is 10.0 Å². The van der Waals surface area contributed by atoms with Gasteiger partial charge < -0.3 is 0 Å². The van der Waals surface area contributed by atoms with Crippen molar-refractivity contribution in [3.63, 3.8) is 0 Å². The molecule has 0 heterocycles. The van der Waals surface area contributed by atoms with Crippen LogP contribution in [-0.2, 0) is 0 Å². The predicted octanol–water partition coefficient (Wildman–Crippen LogP) is 4.30. The van der Waals surface area contributed by atoms with Crippen molar-refractivity contribution in [2.24, 2.45) is 19.1 Å². The molecule has 15 heavy (non-hydrogen) atoms. The molecule has 0 saturated carbocycles. The number of nitrogens with zero attached hydrogens (tertiary/aromatic N) is 3. The second-order valence-corrected chi connectivity index (χ2v) is 15.6. The molecule has 2 N–H and O–H groups in total. The topological polar surface area (TPSA) is 63.1 Å². The smallest absolute Gasteiger partial charge is 0.0743 e. The van der Waals surface area contributed by atoms with E-state index in [4.69, 9.17) is 14.5 Å². The van der Waals surface area contributed by atoms with Gasteiger partial charge in [-0.25, -0.2) is 9.03 Å². The summed E-state index contributed by atoms with van der Waals surface area (Å²) in [5, 5.41) is 0. The first-order valence-electron chi connectivity index (χ1n) is 4.67. The maximum absolute atomic E-state index is 6.01. The minimum atomic E-state index is -1.58. The Labute approximate surface area is 96.4 Å². The van der Waals surface area contributed by atoms with E-state index in [0.717, 1.165) is 0 Å². The minimum Gasteiger partial charge on any atom is -0.297 e. The molecule has 1 atom stereocenters. The second-order valence-electron chi connectivity index (χ2n) is 4.65. The van der Waals surface area contributed by atoms with E-state index >= 15 is 0 Å². The monoisotopic (exact) mass is 288 g/mol. The number of nitrogens with two attached hydrogens (primary N) is 1. The standard InChI is InChI=1S/C7H24N4P4/c1-12-9-14(4,5)11-15(6,7)10-13(2,3)8/h12H,8H2,1-7H3. The first-order valence-corrected chi connectivity index (χ1v) is 14.0. The van der Waals surface area contributed by atoms with Gasteiger partial charge in [0.2, 0.25) is 0 Å². The molecule has 0 aliphatic carbocycles. The fraction of sp³-hybridized carbons (Fsp3) is 1.00. The summed E-state index contributed by atoms with van der Waals surface area (Å²) in [6.07, 6.45) is 0. The quantitative estimate of drug-likeness (QED) is 0.773. The summed E-state index contributed by atoms with van der Waals surface area (Å²) in [6, 6.07) is 0. The fourth-order valence-corrected chi connectivity index (χ4v) is 13.1. The molecule has 0 spiro atoms. The van der Waals surface area contributed by atoms with Crippen LogP contribution in [0.5, 0.6) is 0 Å². The molecule has 0 bridgehead atoms. The average Bonchev–Trinajstić information content (AvgIpc) is 1.74. The number of rotatable bonds is 3. The van der Waals surface area contributed by atoms with E-state index in [2.05, 4.69) is 37.8 Å². The SMILES string of the molecule is CPN=P(C)(C)N=P(C)(C)N=P(C)(C)N. The van der Waals surface area contributed by atoms with Gasteiger partial charge in [0.05, 0.1) is 14.4 Å². The molecule has 4 nitrogen and oxygen atoms in total. The molecule has 92 valence electrons. The van der Waals surface area contributed by atoms with Crippen LogP contribution >= 0.6 is 30.3 Å². The predicted molar refractivity (Wildman–Crippen MR) is 82.0 cm³/mol. The Morgan fingerprint density at radius 2 is 1.33 bits per heavy atom. The highest BCUT2D eigenvalue weighted by atomic mass is 31.2. The Bertz CT molecular complexity index is 358. The molecule has 0 amide bonds. The van der Waals surface area contributed by atoms with Crippen LogP contribution in [0.4, 0.5) is 0 Å². The largest absolute Gasteiger partial charge is 0.297 e. The van der Waals surface area contributed by atoms with Gasteiger partial charge >= 0.3 is 0 Å².